The maximum absolute atomic E-state index is 12.3. The zero-order chi connectivity index (χ0) is 13.3. The Kier molecular flexibility index (Phi) is 3.64. The lowest BCUT2D eigenvalue weighted by atomic mass is 9.86. The van der Waals surface area contributed by atoms with Gasteiger partial charge in [0.15, 0.2) is 0 Å². The summed E-state index contributed by atoms with van der Waals surface area (Å²) in [7, 11) is -3.49. The van der Waals surface area contributed by atoms with Crippen LogP contribution in [-0.4, -0.2) is 15.0 Å². The van der Waals surface area contributed by atoms with Crippen LogP contribution in [0.1, 0.15) is 30.4 Å². The highest BCUT2D eigenvalue weighted by atomic mass is 32.2. The van der Waals surface area contributed by atoms with Crippen molar-refractivity contribution in [1.82, 2.24) is 4.72 Å². The van der Waals surface area contributed by atoms with Gasteiger partial charge in [0.05, 0.1) is 5.69 Å². The van der Waals surface area contributed by atoms with E-state index in [-0.39, 0.29) is 4.90 Å². The first-order valence-electron chi connectivity index (χ1n) is 6.27. The van der Waals surface area contributed by atoms with Gasteiger partial charge in [-0.25, -0.2) is 13.1 Å². The molecular weight excluding hydrogens is 248 g/mol. The van der Waals surface area contributed by atoms with Gasteiger partial charge in [0, 0.05) is 6.54 Å². The summed E-state index contributed by atoms with van der Waals surface area (Å²) in [5, 5.41) is 0. The molecule has 4 nitrogen and oxygen atoms in total. The number of nitrogens with two attached hydrogens (primary N) is 1. The third-order valence-electron chi connectivity index (χ3n) is 3.67. The summed E-state index contributed by atoms with van der Waals surface area (Å²) >= 11 is 0. The van der Waals surface area contributed by atoms with Gasteiger partial charge in [-0.1, -0.05) is 18.6 Å². The summed E-state index contributed by atoms with van der Waals surface area (Å²) < 4.78 is 27.2. The summed E-state index contributed by atoms with van der Waals surface area (Å²) in [6.45, 7) is 4.11. The highest BCUT2D eigenvalue weighted by molar-refractivity contribution is 7.89. The van der Waals surface area contributed by atoms with Crippen molar-refractivity contribution in [3.63, 3.8) is 0 Å². The standard InChI is InChI=1S/C13H20N2O2S/c1-9-6-7-10(2)13(12(9)14)18(16,17)15-8-11-4-3-5-11/h6-7,11,15H,3-5,8,14H2,1-2H3. The molecule has 2 rings (SSSR count). The monoisotopic (exact) mass is 268 g/mol. The molecule has 1 aromatic rings. The van der Waals surface area contributed by atoms with Crippen LogP contribution in [0, 0.1) is 19.8 Å². The smallest absolute Gasteiger partial charge is 0.242 e. The van der Waals surface area contributed by atoms with E-state index in [1.807, 2.05) is 13.0 Å². The van der Waals surface area contributed by atoms with E-state index in [2.05, 4.69) is 4.72 Å². The van der Waals surface area contributed by atoms with E-state index in [0.717, 1.165) is 18.4 Å². The molecule has 18 heavy (non-hydrogen) atoms. The third kappa shape index (κ3) is 2.52. The Bertz CT molecular complexity index is 548. The molecule has 5 heteroatoms. The number of hydrogen-bond donors (Lipinski definition) is 2. The number of aryl methyl sites for hydroxylation is 2. The molecule has 1 saturated carbocycles. The largest absolute Gasteiger partial charge is 0.397 e. The molecular formula is C13H20N2O2S. The number of sulfonamides is 1. The first-order valence-corrected chi connectivity index (χ1v) is 7.75. The van der Waals surface area contributed by atoms with Crippen molar-refractivity contribution in [1.29, 1.82) is 0 Å². The van der Waals surface area contributed by atoms with Gasteiger partial charge in [0.25, 0.3) is 0 Å². The highest BCUT2D eigenvalue weighted by Crippen LogP contribution is 2.28. The Morgan fingerprint density at radius 1 is 1.28 bits per heavy atom. The Labute approximate surface area is 109 Å². The molecule has 1 aliphatic rings. The minimum atomic E-state index is -3.49. The fraction of sp³-hybridized carbons (Fsp3) is 0.538. The summed E-state index contributed by atoms with van der Waals surface area (Å²) in [6.07, 6.45) is 3.44. The second-order valence-electron chi connectivity index (χ2n) is 5.09. The van der Waals surface area contributed by atoms with E-state index in [0.29, 0.717) is 23.7 Å². The second-order valence-corrected chi connectivity index (χ2v) is 6.79. The molecule has 0 atom stereocenters. The molecule has 0 bridgehead atoms. The summed E-state index contributed by atoms with van der Waals surface area (Å²) in [6, 6.07) is 3.64. The molecule has 0 spiro atoms. The van der Waals surface area contributed by atoms with Gasteiger partial charge in [0.1, 0.15) is 4.90 Å². The van der Waals surface area contributed by atoms with Gasteiger partial charge < -0.3 is 5.73 Å². The Hall–Kier alpha value is -1.07. The summed E-state index contributed by atoms with van der Waals surface area (Å²) in [4.78, 5) is 0.238. The van der Waals surface area contributed by atoms with Crippen molar-refractivity contribution >= 4 is 15.7 Å². The SMILES string of the molecule is Cc1ccc(C)c(S(=O)(=O)NCC2CCC2)c1N. The number of anilines is 1. The van der Waals surface area contributed by atoms with E-state index in [1.165, 1.54) is 6.42 Å². The van der Waals surface area contributed by atoms with Gasteiger partial charge in [-0.3, -0.25) is 0 Å². The number of nitrogens with one attached hydrogen (secondary N) is 1. The summed E-state index contributed by atoms with van der Waals surface area (Å²) in [5.41, 5.74) is 7.75. The van der Waals surface area contributed by atoms with Crippen LogP contribution >= 0.6 is 0 Å². The number of benzene rings is 1. The van der Waals surface area contributed by atoms with Gasteiger partial charge in [-0.05, 0) is 43.7 Å². The first-order chi connectivity index (χ1) is 8.42. The Balaban J connectivity index is 2.25. The van der Waals surface area contributed by atoms with Gasteiger partial charge in [-0.2, -0.15) is 0 Å². The molecule has 100 valence electrons. The third-order valence-corrected chi connectivity index (χ3v) is 5.29. The topological polar surface area (TPSA) is 72.2 Å². The van der Waals surface area contributed by atoms with Crippen molar-refractivity contribution in [2.45, 2.75) is 38.0 Å². The Morgan fingerprint density at radius 3 is 2.44 bits per heavy atom. The number of rotatable bonds is 4. The van der Waals surface area contributed by atoms with Crippen LogP contribution in [-0.2, 0) is 10.0 Å². The van der Waals surface area contributed by atoms with Crippen molar-refractivity contribution in [2.75, 3.05) is 12.3 Å². The average Bonchev–Trinajstić information content (AvgIpc) is 2.21. The van der Waals surface area contributed by atoms with Crippen molar-refractivity contribution in [2.24, 2.45) is 5.92 Å². The van der Waals surface area contributed by atoms with Crippen LogP contribution < -0.4 is 10.5 Å². The first kappa shape index (κ1) is 13.4. The van der Waals surface area contributed by atoms with Crippen molar-refractivity contribution in [3.8, 4) is 0 Å². The molecule has 0 aliphatic heterocycles. The lowest BCUT2D eigenvalue weighted by Crippen LogP contribution is -2.33. The molecule has 0 unspecified atom stereocenters. The van der Waals surface area contributed by atoms with Crippen LogP contribution in [0.5, 0.6) is 0 Å². The van der Waals surface area contributed by atoms with E-state index in [1.54, 1.807) is 13.0 Å². The van der Waals surface area contributed by atoms with Crippen LogP contribution in [0.3, 0.4) is 0 Å². The second kappa shape index (κ2) is 4.90. The van der Waals surface area contributed by atoms with E-state index in [9.17, 15) is 8.42 Å². The minimum absolute atomic E-state index is 0.238. The molecule has 0 amide bonds. The fourth-order valence-electron chi connectivity index (χ4n) is 2.16. The Morgan fingerprint density at radius 2 is 1.89 bits per heavy atom. The maximum atomic E-state index is 12.3. The van der Waals surface area contributed by atoms with Crippen LogP contribution in [0.4, 0.5) is 5.69 Å². The molecule has 0 saturated heterocycles. The summed E-state index contributed by atoms with van der Waals surface area (Å²) in [5.74, 6) is 0.492. The molecule has 0 aromatic heterocycles. The molecule has 0 radical (unpaired) electrons. The van der Waals surface area contributed by atoms with E-state index >= 15 is 0 Å². The normalized spacial score (nSPS) is 16.6. The van der Waals surface area contributed by atoms with Crippen LogP contribution in [0.25, 0.3) is 0 Å². The molecule has 3 N–H and O–H groups in total. The minimum Gasteiger partial charge on any atom is -0.397 e. The van der Waals surface area contributed by atoms with Gasteiger partial charge >= 0.3 is 0 Å². The van der Waals surface area contributed by atoms with E-state index < -0.39 is 10.0 Å². The number of hydrogen-bond acceptors (Lipinski definition) is 3. The fourth-order valence-corrected chi connectivity index (χ4v) is 3.70. The molecule has 0 heterocycles. The van der Waals surface area contributed by atoms with Crippen molar-refractivity contribution < 1.29 is 8.42 Å². The highest BCUT2D eigenvalue weighted by Gasteiger charge is 2.24. The number of nitrogen functional groups attached to an aromatic ring is 1. The predicted molar refractivity (Wildman–Crippen MR) is 72.9 cm³/mol. The predicted octanol–water partition coefficient (Wildman–Crippen LogP) is 1.96. The molecule has 1 fully saturated rings. The van der Waals surface area contributed by atoms with Crippen molar-refractivity contribution in [3.05, 3.63) is 23.3 Å². The zero-order valence-electron chi connectivity index (χ0n) is 10.9. The average molecular weight is 268 g/mol. The lowest BCUT2D eigenvalue weighted by Gasteiger charge is -2.25. The van der Waals surface area contributed by atoms with Crippen LogP contribution in [0.2, 0.25) is 0 Å². The molecule has 1 aliphatic carbocycles. The van der Waals surface area contributed by atoms with E-state index in [4.69, 9.17) is 5.73 Å². The zero-order valence-corrected chi connectivity index (χ0v) is 11.7. The maximum Gasteiger partial charge on any atom is 0.242 e. The van der Waals surface area contributed by atoms with Crippen LogP contribution in [0.15, 0.2) is 17.0 Å². The quantitative estimate of drug-likeness (QED) is 0.820. The lowest BCUT2D eigenvalue weighted by molar-refractivity contribution is 0.316. The van der Waals surface area contributed by atoms with Gasteiger partial charge in [0.2, 0.25) is 10.0 Å². The van der Waals surface area contributed by atoms with Gasteiger partial charge in [-0.15, -0.1) is 0 Å². The molecule has 1 aromatic carbocycles.